The van der Waals surface area contributed by atoms with E-state index in [1.54, 1.807) is 0 Å². The standard InChI is InChI=1S/C6H10S/c1-2-3-4-5-6-7/h7H,2-4H2,1H3. The van der Waals surface area contributed by atoms with Crippen molar-refractivity contribution in [3.63, 3.8) is 0 Å². The highest BCUT2D eigenvalue weighted by atomic mass is 32.1. The van der Waals surface area contributed by atoms with Gasteiger partial charge in [0.25, 0.3) is 0 Å². The predicted octanol–water partition coefficient (Wildman–Crippen LogP) is 2.07. The van der Waals surface area contributed by atoms with E-state index in [1.807, 2.05) is 0 Å². The van der Waals surface area contributed by atoms with E-state index < -0.39 is 0 Å². The molecule has 0 spiro atoms. The fourth-order valence-corrected chi connectivity index (χ4v) is 0.433. The third-order valence-corrected chi connectivity index (χ3v) is 0.893. The molecule has 0 aliphatic rings. The molecule has 0 aromatic heterocycles. The van der Waals surface area contributed by atoms with Gasteiger partial charge in [-0.25, -0.2) is 0 Å². The molecule has 0 amide bonds. The van der Waals surface area contributed by atoms with Crippen LogP contribution in [0.5, 0.6) is 0 Å². The van der Waals surface area contributed by atoms with E-state index in [4.69, 9.17) is 0 Å². The Bertz CT molecular complexity index is 75.9. The van der Waals surface area contributed by atoms with Gasteiger partial charge < -0.3 is 0 Å². The van der Waals surface area contributed by atoms with Crippen molar-refractivity contribution in [2.24, 2.45) is 0 Å². The third-order valence-electron chi connectivity index (χ3n) is 0.734. The molecular formula is C6H10S. The molecule has 0 aliphatic carbocycles. The average molecular weight is 114 g/mol. The minimum Gasteiger partial charge on any atom is -0.0922 e. The lowest BCUT2D eigenvalue weighted by atomic mass is 10.3. The Hall–Kier alpha value is -0.0900. The number of thiol groups is 1. The van der Waals surface area contributed by atoms with E-state index in [-0.39, 0.29) is 0 Å². The molecule has 7 heavy (non-hydrogen) atoms. The molecule has 0 heterocycles. The zero-order valence-corrected chi connectivity index (χ0v) is 5.46. The van der Waals surface area contributed by atoms with Crippen LogP contribution >= 0.6 is 12.6 Å². The van der Waals surface area contributed by atoms with Crippen molar-refractivity contribution in [1.29, 1.82) is 0 Å². The Labute approximate surface area is 50.7 Å². The lowest BCUT2D eigenvalue weighted by Crippen LogP contribution is -1.63. The maximum absolute atomic E-state index is 3.73. The molecule has 0 unspecified atom stereocenters. The van der Waals surface area contributed by atoms with Crippen LogP contribution in [0.2, 0.25) is 0 Å². The van der Waals surface area contributed by atoms with Crippen LogP contribution in [0.15, 0.2) is 0 Å². The number of unbranched alkanes of at least 4 members (excludes halogenated alkanes) is 2. The van der Waals surface area contributed by atoms with Gasteiger partial charge in [0.05, 0.1) is 0 Å². The first-order valence-electron chi connectivity index (χ1n) is 2.53. The van der Waals surface area contributed by atoms with E-state index in [2.05, 4.69) is 30.7 Å². The van der Waals surface area contributed by atoms with Crippen LogP contribution in [-0.2, 0) is 0 Å². The molecule has 0 fully saturated rings. The molecular weight excluding hydrogens is 104 g/mol. The summed E-state index contributed by atoms with van der Waals surface area (Å²) in [5, 5.41) is 2.55. The second kappa shape index (κ2) is 5.91. The highest BCUT2D eigenvalue weighted by Crippen LogP contribution is 1.89. The van der Waals surface area contributed by atoms with Gasteiger partial charge >= 0.3 is 0 Å². The van der Waals surface area contributed by atoms with Gasteiger partial charge in [-0.3, -0.25) is 0 Å². The lowest BCUT2D eigenvalue weighted by molar-refractivity contribution is 0.828. The van der Waals surface area contributed by atoms with Gasteiger partial charge in [0.2, 0.25) is 0 Å². The zero-order chi connectivity index (χ0) is 5.54. The highest BCUT2D eigenvalue weighted by molar-refractivity contribution is 7.85. The lowest BCUT2D eigenvalue weighted by Gasteiger charge is -1.80. The van der Waals surface area contributed by atoms with Gasteiger partial charge in [0.15, 0.2) is 0 Å². The Morgan fingerprint density at radius 3 is 2.71 bits per heavy atom. The van der Waals surface area contributed by atoms with Gasteiger partial charge in [-0.1, -0.05) is 31.9 Å². The normalized spacial score (nSPS) is 7.14. The summed E-state index contributed by atoms with van der Waals surface area (Å²) in [7, 11) is 0. The summed E-state index contributed by atoms with van der Waals surface area (Å²) in [5.41, 5.74) is 0. The maximum atomic E-state index is 3.73. The van der Waals surface area contributed by atoms with Crippen molar-refractivity contribution in [1.82, 2.24) is 0 Å². The summed E-state index contributed by atoms with van der Waals surface area (Å²) in [5.74, 6) is 2.86. The van der Waals surface area contributed by atoms with Crippen molar-refractivity contribution in [3.05, 3.63) is 0 Å². The molecule has 40 valence electrons. The van der Waals surface area contributed by atoms with E-state index in [0.717, 1.165) is 6.42 Å². The molecule has 0 atom stereocenters. The summed E-state index contributed by atoms with van der Waals surface area (Å²) >= 11 is 3.73. The van der Waals surface area contributed by atoms with Crippen LogP contribution in [0.4, 0.5) is 0 Å². The summed E-state index contributed by atoms with van der Waals surface area (Å²) < 4.78 is 0. The van der Waals surface area contributed by atoms with E-state index in [0.29, 0.717) is 0 Å². The Morgan fingerprint density at radius 2 is 2.29 bits per heavy atom. The van der Waals surface area contributed by atoms with Crippen molar-refractivity contribution in [2.45, 2.75) is 26.2 Å². The monoisotopic (exact) mass is 114 g/mol. The largest absolute Gasteiger partial charge is 0.0922 e. The molecule has 0 aliphatic heterocycles. The van der Waals surface area contributed by atoms with Crippen LogP contribution in [-0.4, -0.2) is 0 Å². The second-order valence-electron chi connectivity index (χ2n) is 1.39. The minimum absolute atomic E-state index is 1.00. The van der Waals surface area contributed by atoms with Crippen molar-refractivity contribution in [2.75, 3.05) is 0 Å². The van der Waals surface area contributed by atoms with Crippen molar-refractivity contribution < 1.29 is 0 Å². The fourth-order valence-electron chi connectivity index (χ4n) is 0.321. The second-order valence-corrected chi connectivity index (χ2v) is 1.62. The Kier molecular flexibility index (Phi) is 5.83. The SMILES string of the molecule is CCCCC#CS. The van der Waals surface area contributed by atoms with Gasteiger partial charge in [-0.2, -0.15) is 0 Å². The Morgan fingerprint density at radius 1 is 1.57 bits per heavy atom. The first-order valence-corrected chi connectivity index (χ1v) is 2.98. The van der Waals surface area contributed by atoms with Crippen LogP contribution in [0.1, 0.15) is 26.2 Å². The minimum atomic E-state index is 1.00. The molecule has 0 saturated carbocycles. The van der Waals surface area contributed by atoms with Crippen molar-refractivity contribution >= 4 is 12.6 Å². The van der Waals surface area contributed by atoms with Crippen LogP contribution in [0.25, 0.3) is 0 Å². The summed E-state index contributed by atoms with van der Waals surface area (Å²) in [4.78, 5) is 0. The van der Waals surface area contributed by atoms with Crippen LogP contribution < -0.4 is 0 Å². The van der Waals surface area contributed by atoms with Crippen molar-refractivity contribution in [3.8, 4) is 11.2 Å². The molecule has 0 aromatic carbocycles. The summed E-state index contributed by atoms with van der Waals surface area (Å²) in [6.45, 7) is 2.15. The molecule has 0 rings (SSSR count). The molecule has 0 aromatic rings. The maximum Gasteiger partial charge on any atom is 0.00974 e. The number of rotatable bonds is 2. The Balaban J connectivity index is 2.78. The fraction of sp³-hybridized carbons (Fsp3) is 0.667. The highest BCUT2D eigenvalue weighted by Gasteiger charge is 1.72. The van der Waals surface area contributed by atoms with Gasteiger partial charge in [0.1, 0.15) is 0 Å². The van der Waals surface area contributed by atoms with E-state index in [1.165, 1.54) is 12.8 Å². The van der Waals surface area contributed by atoms with Crippen LogP contribution in [0.3, 0.4) is 0 Å². The van der Waals surface area contributed by atoms with E-state index in [9.17, 15) is 0 Å². The number of hydrogen-bond acceptors (Lipinski definition) is 1. The molecule has 0 bridgehead atoms. The average Bonchev–Trinajstić information content (AvgIpc) is 1.69. The summed E-state index contributed by atoms with van der Waals surface area (Å²) in [6, 6.07) is 0. The quantitative estimate of drug-likeness (QED) is 0.317. The zero-order valence-electron chi connectivity index (χ0n) is 4.57. The topological polar surface area (TPSA) is 0 Å². The molecule has 0 N–H and O–H groups in total. The molecule has 0 nitrogen and oxygen atoms in total. The third kappa shape index (κ3) is 5.91. The van der Waals surface area contributed by atoms with Gasteiger partial charge in [-0.15, -0.1) is 0 Å². The smallest absolute Gasteiger partial charge is 0.00974 e. The molecule has 0 saturated heterocycles. The first kappa shape index (κ1) is 6.91. The van der Waals surface area contributed by atoms with Gasteiger partial charge in [-0.05, 0) is 11.7 Å². The molecule has 1 heteroatoms. The number of hydrogen-bond donors (Lipinski definition) is 1. The van der Waals surface area contributed by atoms with Crippen LogP contribution in [0, 0.1) is 11.2 Å². The predicted molar refractivity (Wildman–Crippen MR) is 36.3 cm³/mol. The van der Waals surface area contributed by atoms with E-state index >= 15 is 0 Å². The van der Waals surface area contributed by atoms with Gasteiger partial charge in [0, 0.05) is 6.42 Å². The summed E-state index contributed by atoms with van der Waals surface area (Å²) in [6.07, 6.45) is 3.43. The first-order chi connectivity index (χ1) is 3.41. The molecule has 0 radical (unpaired) electrons.